The Labute approximate surface area is 148 Å². The molecule has 10 heteroatoms. The number of nitro groups is 1. The van der Waals surface area contributed by atoms with Crippen LogP contribution in [0.4, 0.5) is 20.2 Å². The molecule has 2 aromatic rings. The summed E-state index contributed by atoms with van der Waals surface area (Å²) < 4.78 is 53.2. The van der Waals surface area contributed by atoms with Gasteiger partial charge in [-0.1, -0.05) is 0 Å². The van der Waals surface area contributed by atoms with Crippen molar-refractivity contribution in [3.8, 4) is 0 Å². The van der Waals surface area contributed by atoms with E-state index in [-0.39, 0.29) is 18.0 Å². The molecule has 0 aliphatic carbocycles. The van der Waals surface area contributed by atoms with E-state index in [1.807, 2.05) is 0 Å². The predicted octanol–water partition coefficient (Wildman–Crippen LogP) is 2.38. The number of hydrogen-bond donors (Lipinski definition) is 0. The van der Waals surface area contributed by atoms with Gasteiger partial charge in [-0.3, -0.25) is 10.1 Å². The van der Waals surface area contributed by atoms with Crippen LogP contribution in [0.5, 0.6) is 0 Å². The van der Waals surface area contributed by atoms with Crippen LogP contribution in [-0.2, 0) is 10.0 Å². The van der Waals surface area contributed by atoms with Gasteiger partial charge in [0, 0.05) is 44.0 Å². The molecule has 0 unspecified atom stereocenters. The topological polar surface area (TPSA) is 83.8 Å². The van der Waals surface area contributed by atoms with Crippen LogP contribution in [0.2, 0.25) is 0 Å². The maximum atomic E-state index is 13.8. The number of benzene rings is 2. The van der Waals surface area contributed by atoms with Gasteiger partial charge < -0.3 is 4.90 Å². The summed E-state index contributed by atoms with van der Waals surface area (Å²) in [5, 5.41) is 10.7. The van der Waals surface area contributed by atoms with E-state index in [4.69, 9.17) is 0 Å². The number of sulfonamides is 1. The molecule has 0 spiro atoms. The Morgan fingerprint density at radius 1 is 0.962 bits per heavy atom. The van der Waals surface area contributed by atoms with E-state index in [9.17, 15) is 27.3 Å². The standard InChI is InChI=1S/C16H15F2N3O4S/c17-12-1-4-14(5-2-12)26(24,25)20-9-7-19(8-10-20)13-3-6-16(21(22)23)15(18)11-13/h1-6,11H,7-10H2. The van der Waals surface area contributed by atoms with Gasteiger partial charge in [0.25, 0.3) is 0 Å². The van der Waals surface area contributed by atoms with Gasteiger partial charge in [-0.2, -0.15) is 8.70 Å². The number of hydrogen-bond acceptors (Lipinski definition) is 5. The predicted molar refractivity (Wildman–Crippen MR) is 90.4 cm³/mol. The lowest BCUT2D eigenvalue weighted by atomic mass is 10.2. The average Bonchev–Trinajstić information content (AvgIpc) is 2.62. The molecule has 1 aliphatic rings. The molecule has 0 amide bonds. The summed E-state index contributed by atoms with van der Waals surface area (Å²) in [6.07, 6.45) is 0. The zero-order chi connectivity index (χ0) is 18.9. The molecule has 1 aliphatic heterocycles. The molecule has 1 saturated heterocycles. The normalized spacial score (nSPS) is 15.8. The quantitative estimate of drug-likeness (QED) is 0.598. The Morgan fingerprint density at radius 2 is 1.58 bits per heavy atom. The van der Waals surface area contributed by atoms with Crippen LogP contribution in [0.25, 0.3) is 0 Å². The zero-order valence-electron chi connectivity index (χ0n) is 13.5. The second-order valence-corrected chi connectivity index (χ2v) is 7.68. The fourth-order valence-corrected chi connectivity index (χ4v) is 4.21. The molecule has 0 aromatic heterocycles. The zero-order valence-corrected chi connectivity index (χ0v) is 14.3. The Balaban J connectivity index is 1.72. The van der Waals surface area contributed by atoms with Gasteiger partial charge in [0.15, 0.2) is 0 Å². The van der Waals surface area contributed by atoms with Crippen molar-refractivity contribution in [3.05, 3.63) is 64.2 Å². The average molecular weight is 383 g/mol. The van der Waals surface area contributed by atoms with Gasteiger partial charge in [0.1, 0.15) is 5.82 Å². The third-order valence-corrected chi connectivity index (χ3v) is 6.10. The first kappa shape index (κ1) is 18.2. The highest BCUT2D eigenvalue weighted by molar-refractivity contribution is 7.89. The molecule has 0 bridgehead atoms. The van der Waals surface area contributed by atoms with Gasteiger partial charge in [-0.05, 0) is 30.3 Å². The van der Waals surface area contributed by atoms with Gasteiger partial charge in [0.2, 0.25) is 15.8 Å². The minimum Gasteiger partial charge on any atom is -0.369 e. The lowest BCUT2D eigenvalue weighted by Crippen LogP contribution is -2.48. The Kier molecular flexibility index (Phi) is 4.88. The first-order chi connectivity index (χ1) is 12.3. The van der Waals surface area contributed by atoms with E-state index in [2.05, 4.69) is 0 Å². The van der Waals surface area contributed by atoms with Crippen LogP contribution < -0.4 is 4.90 Å². The second kappa shape index (κ2) is 6.96. The molecule has 26 heavy (non-hydrogen) atoms. The van der Waals surface area contributed by atoms with Crippen LogP contribution in [-0.4, -0.2) is 43.8 Å². The second-order valence-electron chi connectivity index (χ2n) is 5.74. The SMILES string of the molecule is O=[N+]([O-])c1ccc(N2CCN(S(=O)(=O)c3ccc(F)cc3)CC2)cc1F. The number of rotatable bonds is 4. The Hall–Kier alpha value is -2.59. The highest BCUT2D eigenvalue weighted by Gasteiger charge is 2.29. The summed E-state index contributed by atoms with van der Waals surface area (Å²) in [6.45, 7) is 0.936. The first-order valence-corrected chi connectivity index (χ1v) is 9.17. The van der Waals surface area contributed by atoms with Gasteiger partial charge in [-0.25, -0.2) is 12.8 Å². The molecule has 2 aromatic carbocycles. The van der Waals surface area contributed by atoms with Crippen molar-refractivity contribution in [1.29, 1.82) is 0 Å². The van der Waals surface area contributed by atoms with E-state index in [1.54, 1.807) is 4.90 Å². The lowest BCUT2D eigenvalue weighted by molar-refractivity contribution is -0.387. The maximum absolute atomic E-state index is 13.8. The minimum absolute atomic E-state index is 0.00808. The monoisotopic (exact) mass is 383 g/mol. The van der Waals surface area contributed by atoms with E-state index in [1.165, 1.54) is 22.5 Å². The molecule has 0 saturated carbocycles. The number of piperazine rings is 1. The molecule has 1 fully saturated rings. The van der Waals surface area contributed by atoms with Gasteiger partial charge >= 0.3 is 5.69 Å². The summed E-state index contributed by atoms with van der Waals surface area (Å²) in [5.41, 5.74) is -0.154. The van der Waals surface area contributed by atoms with Crippen molar-refractivity contribution in [3.63, 3.8) is 0 Å². The van der Waals surface area contributed by atoms with Crippen LogP contribution >= 0.6 is 0 Å². The van der Waals surface area contributed by atoms with Crippen molar-refractivity contribution < 1.29 is 22.1 Å². The summed E-state index contributed by atoms with van der Waals surface area (Å²) in [5.74, 6) is -1.46. The molecule has 0 atom stereocenters. The fraction of sp³-hybridized carbons (Fsp3) is 0.250. The Morgan fingerprint density at radius 3 is 2.12 bits per heavy atom. The molecule has 138 valence electrons. The van der Waals surface area contributed by atoms with Gasteiger partial charge in [-0.15, -0.1) is 0 Å². The summed E-state index contributed by atoms with van der Waals surface area (Å²) in [4.78, 5) is 11.6. The number of halogens is 2. The molecule has 3 rings (SSSR count). The van der Waals surface area contributed by atoms with E-state index in [0.29, 0.717) is 18.8 Å². The third kappa shape index (κ3) is 3.51. The number of anilines is 1. The van der Waals surface area contributed by atoms with Crippen LogP contribution in [0.1, 0.15) is 0 Å². The maximum Gasteiger partial charge on any atom is 0.304 e. The molecular formula is C16H15F2N3O4S. The largest absolute Gasteiger partial charge is 0.369 e. The summed E-state index contributed by atoms with van der Waals surface area (Å²) >= 11 is 0. The number of nitro benzene ring substituents is 1. The van der Waals surface area contributed by atoms with E-state index in [0.717, 1.165) is 24.3 Å². The lowest BCUT2D eigenvalue weighted by Gasteiger charge is -2.35. The molecule has 0 radical (unpaired) electrons. The van der Waals surface area contributed by atoms with Crippen molar-refractivity contribution in [1.82, 2.24) is 4.31 Å². The first-order valence-electron chi connectivity index (χ1n) is 7.73. The molecule has 1 heterocycles. The third-order valence-electron chi connectivity index (χ3n) is 4.18. The fourth-order valence-electron chi connectivity index (χ4n) is 2.78. The van der Waals surface area contributed by atoms with Crippen LogP contribution in [0.15, 0.2) is 47.4 Å². The number of nitrogens with zero attached hydrogens (tertiary/aromatic N) is 3. The summed E-state index contributed by atoms with van der Waals surface area (Å²) in [6, 6.07) is 8.19. The highest BCUT2D eigenvalue weighted by Crippen LogP contribution is 2.25. The highest BCUT2D eigenvalue weighted by atomic mass is 32.2. The smallest absolute Gasteiger partial charge is 0.304 e. The van der Waals surface area contributed by atoms with Crippen LogP contribution in [0, 0.1) is 21.7 Å². The van der Waals surface area contributed by atoms with Crippen molar-refractivity contribution in [2.75, 3.05) is 31.1 Å². The molecular weight excluding hydrogens is 368 g/mol. The minimum atomic E-state index is -3.73. The molecule has 0 N–H and O–H groups in total. The van der Waals surface area contributed by atoms with Crippen molar-refractivity contribution in [2.24, 2.45) is 0 Å². The van der Waals surface area contributed by atoms with E-state index >= 15 is 0 Å². The molecule has 7 nitrogen and oxygen atoms in total. The van der Waals surface area contributed by atoms with Crippen molar-refractivity contribution >= 4 is 21.4 Å². The van der Waals surface area contributed by atoms with Crippen LogP contribution in [0.3, 0.4) is 0 Å². The van der Waals surface area contributed by atoms with Crippen molar-refractivity contribution in [2.45, 2.75) is 4.90 Å². The van der Waals surface area contributed by atoms with E-state index < -0.39 is 32.3 Å². The summed E-state index contributed by atoms with van der Waals surface area (Å²) in [7, 11) is -3.73. The van der Waals surface area contributed by atoms with Gasteiger partial charge in [0.05, 0.1) is 9.82 Å². The Bertz CT molecular complexity index is 927.